The van der Waals surface area contributed by atoms with Gasteiger partial charge in [0.1, 0.15) is 18.3 Å². The minimum absolute atomic E-state index is 0.0686. The van der Waals surface area contributed by atoms with Crippen LogP contribution >= 0.6 is 11.6 Å². The third kappa shape index (κ3) is 7.86. The van der Waals surface area contributed by atoms with Gasteiger partial charge in [0.15, 0.2) is 0 Å². The number of sulfonamides is 1. The van der Waals surface area contributed by atoms with Gasteiger partial charge in [-0.15, -0.1) is 0 Å². The van der Waals surface area contributed by atoms with E-state index >= 15 is 0 Å². The third-order valence-corrected chi connectivity index (χ3v) is 7.12. The molecule has 0 radical (unpaired) electrons. The molecule has 0 fully saturated rings. The van der Waals surface area contributed by atoms with Crippen LogP contribution < -0.4 is 14.4 Å². The number of ether oxygens (including phenoxy) is 1. The Morgan fingerprint density at radius 2 is 1.77 bits per heavy atom. The van der Waals surface area contributed by atoms with Crippen molar-refractivity contribution in [3.05, 3.63) is 59.1 Å². The SMILES string of the molecule is CC[C@@H](C)NC(=O)[C@@H](CC)N(Cc1cccc(OC)c1)C(=O)CN(c1ccccc1Cl)S(C)(=O)=O. The van der Waals surface area contributed by atoms with Crippen LogP contribution in [-0.2, 0) is 26.2 Å². The van der Waals surface area contributed by atoms with Crippen molar-refractivity contribution in [1.29, 1.82) is 0 Å². The normalized spacial score (nSPS) is 13.0. The molecule has 1 N–H and O–H groups in total. The second kappa shape index (κ2) is 12.8. The number of hydrogen-bond donors (Lipinski definition) is 1. The minimum atomic E-state index is -3.85. The highest BCUT2D eigenvalue weighted by molar-refractivity contribution is 7.92. The molecule has 10 heteroatoms. The van der Waals surface area contributed by atoms with Gasteiger partial charge in [-0.3, -0.25) is 13.9 Å². The highest BCUT2D eigenvalue weighted by Crippen LogP contribution is 2.27. The van der Waals surface area contributed by atoms with Gasteiger partial charge in [0.25, 0.3) is 0 Å². The number of nitrogens with zero attached hydrogens (tertiary/aromatic N) is 2. The zero-order chi connectivity index (χ0) is 26.2. The molecule has 2 aromatic carbocycles. The minimum Gasteiger partial charge on any atom is -0.497 e. The topological polar surface area (TPSA) is 96.0 Å². The molecular weight excluding hydrogens is 490 g/mol. The van der Waals surface area contributed by atoms with Crippen molar-refractivity contribution < 1.29 is 22.7 Å². The van der Waals surface area contributed by atoms with Gasteiger partial charge in [0, 0.05) is 12.6 Å². The Labute approximate surface area is 213 Å². The molecule has 192 valence electrons. The van der Waals surface area contributed by atoms with Crippen LogP contribution in [0.4, 0.5) is 5.69 Å². The lowest BCUT2D eigenvalue weighted by molar-refractivity contribution is -0.140. The standard InChI is InChI=1S/C25H34ClN3O5S/c1-6-18(3)27-25(31)22(7-2)28(16-19-11-10-12-20(15-19)34-4)24(30)17-29(35(5,32)33)23-14-9-8-13-21(23)26/h8-15,18,22H,6-7,16-17H2,1-5H3,(H,27,31)/t18-,22-/m1/s1. The van der Waals surface area contributed by atoms with Gasteiger partial charge < -0.3 is 15.0 Å². The second-order valence-electron chi connectivity index (χ2n) is 8.34. The van der Waals surface area contributed by atoms with E-state index in [1.165, 1.54) is 11.0 Å². The summed E-state index contributed by atoms with van der Waals surface area (Å²) in [7, 11) is -2.30. The van der Waals surface area contributed by atoms with Crippen molar-refractivity contribution in [3.63, 3.8) is 0 Å². The molecule has 35 heavy (non-hydrogen) atoms. The van der Waals surface area contributed by atoms with E-state index in [4.69, 9.17) is 16.3 Å². The van der Waals surface area contributed by atoms with Crippen LogP contribution in [0.25, 0.3) is 0 Å². The zero-order valence-electron chi connectivity index (χ0n) is 20.8. The highest BCUT2D eigenvalue weighted by Gasteiger charge is 2.32. The van der Waals surface area contributed by atoms with Gasteiger partial charge in [-0.05, 0) is 49.6 Å². The number of halogens is 1. The van der Waals surface area contributed by atoms with Crippen LogP contribution in [0.5, 0.6) is 5.75 Å². The molecule has 0 saturated heterocycles. The Kier molecular flexibility index (Phi) is 10.4. The van der Waals surface area contributed by atoms with E-state index in [0.717, 1.165) is 22.5 Å². The second-order valence-corrected chi connectivity index (χ2v) is 10.7. The van der Waals surface area contributed by atoms with E-state index in [1.54, 1.807) is 43.5 Å². The Morgan fingerprint density at radius 3 is 2.34 bits per heavy atom. The summed E-state index contributed by atoms with van der Waals surface area (Å²) < 4.78 is 31.5. The van der Waals surface area contributed by atoms with E-state index in [2.05, 4.69) is 5.32 Å². The zero-order valence-corrected chi connectivity index (χ0v) is 22.4. The number of hydrogen-bond acceptors (Lipinski definition) is 5. The highest BCUT2D eigenvalue weighted by atomic mass is 35.5. The molecule has 2 amide bonds. The van der Waals surface area contributed by atoms with E-state index in [-0.39, 0.29) is 29.2 Å². The van der Waals surface area contributed by atoms with Crippen molar-refractivity contribution in [2.24, 2.45) is 0 Å². The van der Waals surface area contributed by atoms with Crippen LogP contribution in [0.15, 0.2) is 48.5 Å². The first-order valence-electron chi connectivity index (χ1n) is 11.5. The monoisotopic (exact) mass is 523 g/mol. The molecule has 2 rings (SSSR count). The average Bonchev–Trinajstić information content (AvgIpc) is 2.82. The fourth-order valence-corrected chi connectivity index (χ4v) is 4.73. The smallest absolute Gasteiger partial charge is 0.244 e. The van der Waals surface area contributed by atoms with E-state index in [1.807, 2.05) is 26.8 Å². The summed E-state index contributed by atoms with van der Waals surface area (Å²) in [5.74, 6) is -0.202. The van der Waals surface area contributed by atoms with Gasteiger partial charge in [-0.1, -0.05) is 49.7 Å². The van der Waals surface area contributed by atoms with Crippen molar-refractivity contribution in [2.45, 2.75) is 52.2 Å². The number of carbonyl (C=O) groups excluding carboxylic acids is 2. The largest absolute Gasteiger partial charge is 0.497 e. The number of methoxy groups -OCH3 is 1. The number of benzene rings is 2. The maximum atomic E-state index is 13.7. The molecule has 0 saturated carbocycles. The lowest BCUT2D eigenvalue weighted by atomic mass is 10.1. The predicted octanol–water partition coefficient (Wildman–Crippen LogP) is 3.84. The molecule has 0 aliphatic heterocycles. The molecular formula is C25H34ClN3O5S. The number of nitrogens with one attached hydrogen (secondary N) is 1. The molecule has 2 atom stereocenters. The lowest BCUT2D eigenvalue weighted by Crippen LogP contribution is -2.53. The quantitative estimate of drug-likeness (QED) is 0.456. The van der Waals surface area contributed by atoms with Crippen LogP contribution in [0, 0.1) is 0 Å². The maximum absolute atomic E-state index is 13.7. The summed E-state index contributed by atoms with van der Waals surface area (Å²) in [6, 6.07) is 12.7. The van der Waals surface area contributed by atoms with Crippen molar-refractivity contribution in [3.8, 4) is 5.75 Å². The Hall–Kier alpha value is -2.78. The maximum Gasteiger partial charge on any atom is 0.244 e. The van der Waals surface area contributed by atoms with Crippen LogP contribution in [0.3, 0.4) is 0 Å². The van der Waals surface area contributed by atoms with Crippen molar-refractivity contribution in [1.82, 2.24) is 10.2 Å². The molecule has 0 aliphatic carbocycles. The fraction of sp³-hybridized carbons (Fsp3) is 0.440. The van der Waals surface area contributed by atoms with Crippen molar-refractivity contribution >= 4 is 39.1 Å². The van der Waals surface area contributed by atoms with E-state index < -0.39 is 28.5 Å². The van der Waals surface area contributed by atoms with E-state index in [9.17, 15) is 18.0 Å². The molecule has 2 aromatic rings. The van der Waals surface area contributed by atoms with Crippen LogP contribution in [-0.4, -0.2) is 57.1 Å². The van der Waals surface area contributed by atoms with Crippen LogP contribution in [0.2, 0.25) is 5.02 Å². The van der Waals surface area contributed by atoms with Crippen molar-refractivity contribution in [2.75, 3.05) is 24.2 Å². The van der Waals surface area contributed by atoms with Crippen LogP contribution in [0.1, 0.15) is 39.2 Å². The Morgan fingerprint density at radius 1 is 1.09 bits per heavy atom. The first-order chi connectivity index (χ1) is 16.5. The van der Waals surface area contributed by atoms with E-state index in [0.29, 0.717) is 12.2 Å². The predicted molar refractivity (Wildman–Crippen MR) is 139 cm³/mol. The first-order valence-corrected chi connectivity index (χ1v) is 13.7. The molecule has 0 unspecified atom stereocenters. The molecule has 0 aliphatic rings. The summed E-state index contributed by atoms with van der Waals surface area (Å²) in [6.07, 6.45) is 2.10. The molecule has 0 spiro atoms. The number of rotatable bonds is 12. The third-order valence-electron chi connectivity index (χ3n) is 5.67. The van der Waals surface area contributed by atoms with Gasteiger partial charge >= 0.3 is 0 Å². The summed E-state index contributed by atoms with van der Waals surface area (Å²) in [5, 5.41) is 3.14. The number of carbonyl (C=O) groups is 2. The Balaban J connectivity index is 2.47. The van der Waals surface area contributed by atoms with Gasteiger partial charge in [0.2, 0.25) is 21.8 Å². The molecule has 0 aromatic heterocycles. The Bertz CT molecular complexity index is 1130. The molecule has 0 bridgehead atoms. The fourth-order valence-electron chi connectivity index (χ4n) is 3.58. The lowest BCUT2D eigenvalue weighted by Gasteiger charge is -2.33. The van der Waals surface area contributed by atoms with Gasteiger partial charge in [-0.2, -0.15) is 0 Å². The summed E-state index contributed by atoms with van der Waals surface area (Å²) in [4.78, 5) is 28.2. The summed E-state index contributed by atoms with van der Waals surface area (Å²) in [5.41, 5.74) is 0.944. The number of amides is 2. The number of anilines is 1. The summed E-state index contributed by atoms with van der Waals surface area (Å²) in [6.45, 7) is 5.26. The molecule has 8 nitrogen and oxygen atoms in total. The number of para-hydroxylation sites is 1. The summed E-state index contributed by atoms with van der Waals surface area (Å²) >= 11 is 6.26. The first kappa shape index (κ1) is 28.5. The average molecular weight is 524 g/mol. The van der Waals surface area contributed by atoms with Gasteiger partial charge in [0.05, 0.1) is 24.1 Å². The molecule has 0 heterocycles. The van der Waals surface area contributed by atoms with Gasteiger partial charge in [-0.25, -0.2) is 8.42 Å².